The van der Waals surface area contributed by atoms with Crippen LogP contribution >= 0.6 is 0 Å². The van der Waals surface area contributed by atoms with Crippen molar-refractivity contribution in [1.29, 1.82) is 0 Å². The van der Waals surface area contributed by atoms with E-state index in [9.17, 15) is 9.59 Å². The average molecular weight is 432 g/mol. The number of nitrogens with one attached hydrogen (secondary N) is 2. The lowest BCUT2D eigenvalue weighted by Gasteiger charge is -2.30. The number of likely N-dealkylation sites (N-methyl/N-ethyl adjacent to an activating group) is 1. The molecule has 31 heavy (non-hydrogen) atoms. The highest BCUT2D eigenvalue weighted by Gasteiger charge is 2.26. The maximum atomic E-state index is 13.3. The number of hydrogen-bond donors (Lipinski definition) is 2. The van der Waals surface area contributed by atoms with Crippen LogP contribution in [0.15, 0.2) is 18.2 Å². The van der Waals surface area contributed by atoms with Gasteiger partial charge < -0.3 is 25.0 Å². The molecule has 2 aliphatic rings. The Labute approximate surface area is 185 Å². The van der Waals surface area contributed by atoms with Gasteiger partial charge in [0.1, 0.15) is 12.4 Å². The Hall–Kier alpha value is -2.12. The lowest BCUT2D eigenvalue weighted by Crippen LogP contribution is -2.44. The van der Waals surface area contributed by atoms with E-state index in [1.54, 1.807) is 31.2 Å². The van der Waals surface area contributed by atoms with Gasteiger partial charge in [-0.1, -0.05) is 26.2 Å². The first-order valence-corrected chi connectivity index (χ1v) is 11.5. The maximum Gasteiger partial charge on any atom is 0.257 e. The SMILES string of the molecule is CO[C@H]1CN(C)C(=O)c2cc(NC(=O)C3CCCCC3)ccc2OC[C@@H](C)NC[C@H]1C. The fraction of sp³-hybridized carbons (Fsp3) is 0.667. The van der Waals surface area contributed by atoms with Gasteiger partial charge in [0.15, 0.2) is 0 Å². The van der Waals surface area contributed by atoms with Crippen LogP contribution in [0.5, 0.6) is 5.75 Å². The largest absolute Gasteiger partial charge is 0.491 e. The van der Waals surface area contributed by atoms with E-state index in [0.717, 1.165) is 32.2 Å². The standard InChI is InChI=1S/C24H37N3O4/c1-16-13-25-17(2)15-31-21-11-10-19(26-23(28)18-8-6-5-7-9-18)12-20(21)24(29)27(3)14-22(16)30-4/h10-12,16-18,22,25H,5-9,13-15H2,1-4H3,(H,26,28)/t16-,17-,22+/m1/s1. The zero-order valence-electron chi connectivity index (χ0n) is 19.3. The van der Waals surface area contributed by atoms with Crippen molar-refractivity contribution in [3.63, 3.8) is 0 Å². The van der Waals surface area contributed by atoms with Crippen molar-refractivity contribution >= 4 is 17.5 Å². The summed E-state index contributed by atoms with van der Waals surface area (Å²) in [6, 6.07) is 5.47. The molecule has 0 saturated heterocycles. The summed E-state index contributed by atoms with van der Waals surface area (Å²) in [5.41, 5.74) is 1.09. The molecule has 1 saturated carbocycles. The molecule has 1 aromatic carbocycles. The van der Waals surface area contributed by atoms with Gasteiger partial charge in [0, 0.05) is 44.9 Å². The summed E-state index contributed by atoms with van der Waals surface area (Å²) in [6.07, 6.45) is 5.20. The van der Waals surface area contributed by atoms with Crippen molar-refractivity contribution in [2.75, 3.05) is 39.2 Å². The Bertz CT molecular complexity index is 763. The van der Waals surface area contributed by atoms with Crippen molar-refractivity contribution < 1.29 is 19.1 Å². The van der Waals surface area contributed by atoms with E-state index in [2.05, 4.69) is 24.5 Å². The summed E-state index contributed by atoms with van der Waals surface area (Å²) in [4.78, 5) is 27.7. The molecule has 7 nitrogen and oxygen atoms in total. The molecule has 0 unspecified atom stereocenters. The molecule has 7 heteroatoms. The number of anilines is 1. The normalized spacial score (nSPS) is 26.3. The number of carbonyl (C=O) groups excluding carboxylic acids is 2. The summed E-state index contributed by atoms with van der Waals surface area (Å²) >= 11 is 0. The quantitative estimate of drug-likeness (QED) is 0.768. The highest BCUT2D eigenvalue weighted by molar-refractivity contribution is 5.99. The molecule has 0 radical (unpaired) electrons. The van der Waals surface area contributed by atoms with E-state index in [4.69, 9.17) is 9.47 Å². The minimum Gasteiger partial charge on any atom is -0.491 e. The molecule has 1 fully saturated rings. The minimum atomic E-state index is -0.140. The molecule has 0 bridgehead atoms. The number of ether oxygens (including phenoxy) is 2. The van der Waals surface area contributed by atoms with Crippen LogP contribution in [0.25, 0.3) is 0 Å². The number of carbonyl (C=O) groups is 2. The third kappa shape index (κ3) is 6.20. The third-order valence-corrected chi connectivity index (χ3v) is 6.47. The summed E-state index contributed by atoms with van der Waals surface area (Å²) in [7, 11) is 3.46. The van der Waals surface area contributed by atoms with Crippen LogP contribution in [-0.4, -0.2) is 62.7 Å². The molecule has 1 aliphatic heterocycles. The first kappa shape index (κ1) is 23.5. The topological polar surface area (TPSA) is 79.9 Å². The molecule has 2 amide bonds. The van der Waals surface area contributed by atoms with E-state index >= 15 is 0 Å². The Morgan fingerprint density at radius 3 is 2.68 bits per heavy atom. The zero-order valence-corrected chi connectivity index (χ0v) is 19.3. The van der Waals surface area contributed by atoms with E-state index in [1.165, 1.54) is 6.42 Å². The molecule has 172 valence electrons. The van der Waals surface area contributed by atoms with Crippen LogP contribution in [-0.2, 0) is 9.53 Å². The van der Waals surface area contributed by atoms with Crippen LogP contribution in [0, 0.1) is 11.8 Å². The fourth-order valence-electron chi connectivity index (χ4n) is 4.35. The highest BCUT2D eigenvalue weighted by atomic mass is 16.5. The number of nitrogens with zero attached hydrogens (tertiary/aromatic N) is 1. The van der Waals surface area contributed by atoms with Crippen LogP contribution in [0.4, 0.5) is 5.69 Å². The predicted octanol–water partition coefficient (Wildman–Crippen LogP) is 3.30. The van der Waals surface area contributed by atoms with Crippen molar-refractivity contribution in [3.05, 3.63) is 23.8 Å². The van der Waals surface area contributed by atoms with Gasteiger partial charge in [0.2, 0.25) is 5.91 Å². The number of fused-ring (bicyclic) bond motifs is 1. The lowest BCUT2D eigenvalue weighted by atomic mass is 9.88. The number of benzene rings is 1. The van der Waals surface area contributed by atoms with Crippen molar-refractivity contribution in [2.24, 2.45) is 11.8 Å². The van der Waals surface area contributed by atoms with Crippen LogP contribution in [0.3, 0.4) is 0 Å². The molecule has 0 spiro atoms. The molecule has 1 aromatic rings. The van der Waals surface area contributed by atoms with Crippen molar-refractivity contribution in [1.82, 2.24) is 10.2 Å². The molecule has 2 N–H and O–H groups in total. The maximum absolute atomic E-state index is 13.3. The molecular weight excluding hydrogens is 394 g/mol. The van der Waals surface area contributed by atoms with E-state index in [0.29, 0.717) is 30.2 Å². The van der Waals surface area contributed by atoms with Gasteiger partial charge in [-0.3, -0.25) is 9.59 Å². The smallest absolute Gasteiger partial charge is 0.257 e. The molecule has 3 atom stereocenters. The monoisotopic (exact) mass is 431 g/mol. The number of amides is 2. The number of rotatable bonds is 3. The van der Waals surface area contributed by atoms with Gasteiger partial charge in [0.05, 0.1) is 11.7 Å². The van der Waals surface area contributed by atoms with Gasteiger partial charge in [0.25, 0.3) is 5.91 Å². The van der Waals surface area contributed by atoms with Gasteiger partial charge in [-0.2, -0.15) is 0 Å². The molecule has 3 rings (SSSR count). The van der Waals surface area contributed by atoms with Crippen molar-refractivity contribution in [2.45, 2.75) is 58.1 Å². The predicted molar refractivity (Wildman–Crippen MR) is 122 cm³/mol. The van der Waals surface area contributed by atoms with E-state index in [1.807, 2.05) is 6.07 Å². The highest BCUT2D eigenvalue weighted by Crippen LogP contribution is 2.28. The molecule has 1 aliphatic carbocycles. The van der Waals surface area contributed by atoms with Crippen LogP contribution in [0.2, 0.25) is 0 Å². The second kappa shape index (κ2) is 11.0. The molecule has 0 aromatic heterocycles. The van der Waals surface area contributed by atoms with Crippen LogP contribution in [0.1, 0.15) is 56.3 Å². The van der Waals surface area contributed by atoms with E-state index < -0.39 is 0 Å². The summed E-state index contributed by atoms with van der Waals surface area (Å²) in [5, 5.41) is 6.50. The van der Waals surface area contributed by atoms with Crippen LogP contribution < -0.4 is 15.4 Å². The first-order chi connectivity index (χ1) is 14.9. The number of hydrogen-bond acceptors (Lipinski definition) is 5. The Morgan fingerprint density at radius 2 is 1.97 bits per heavy atom. The molecular formula is C24H37N3O4. The zero-order chi connectivity index (χ0) is 22.4. The molecule has 1 heterocycles. The second-order valence-electron chi connectivity index (χ2n) is 9.09. The second-order valence-corrected chi connectivity index (χ2v) is 9.09. The average Bonchev–Trinajstić information content (AvgIpc) is 2.79. The summed E-state index contributed by atoms with van der Waals surface area (Å²) < 4.78 is 11.7. The van der Waals surface area contributed by atoms with E-state index in [-0.39, 0.29) is 35.8 Å². The summed E-state index contributed by atoms with van der Waals surface area (Å²) in [6.45, 7) is 5.88. The minimum absolute atomic E-state index is 0.0422. The van der Waals surface area contributed by atoms with Gasteiger partial charge in [-0.05, 0) is 43.9 Å². The third-order valence-electron chi connectivity index (χ3n) is 6.47. The fourth-order valence-corrected chi connectivity index (χ4v) is 4.35. The first-order valence-electron chi connectivity index (χ1n) is 11.5. The van der Waals surface area contributed by atoms with Crippen molar-refractivity contribution in [3.8, 4) is 5.75 Å². The van der Waals surface area contributed by atoms with Gasteiger partial charge >= 0.3 is 0 Å². The Balaban J connectivity index is 1.83. The van der Waals surface area contributed by atoms with Gasteiger partial charge in [-0.15, -0.1) is 0 Å². The Kier molecular flexibility index (Phi) is 8.32. The van der Waals surface area contributed by atoms with Gasteiger partial charge in [-0.25, -0.2) is 0 Å². The summed E-state index contributed by atoms with van der Waals surface area (Å²) in [5.74, 6) is 0.728. The Morgan fingerprint density at radius 1 is 1.23 bits per heavy atom. The number of methoxy groups -OCH3 is 1. The lowest BCUT2D eigenvalue weighted by molar-refractivity contribution is -0.120.